The van der Waals surface area contributed by atoms with Gasteiger partial charge in [-0.15, -0.1) is 0 Å². The van der Waals surface area contributed by atoms with Crippen LogP contribution in [0.2, 0.25) is 0 Å². The van der Waals surface area contributed by atoms with Gasteiger partial charge in [-0.2, -0.15) is 0 Å². The summed E-state index contributed by atoms with van der Waals surface area (Å²) in [6.45, 7) is -0.331. The van der Waals surface area contributed by atoms with Crippen molar-refractivity contribution in [2.75, 3.05) is 11.9 Å². The maximum Gasteiger partial charge on any atom is 0.257 e. The fourth-order valence-corrected chi connectivity index (χ4v) is 1.58. The Kier molecular flexibility index (Phi) is 4.43. The van der Waals surface area contributed by atoms with Crippen LogP contribution < -0.4 is 5.32 Å². The lowest BCUT2D eigenvalue weighted by atomic mass is 10.1. The fourth-order valence-electron chi connectivity index (χ4n) is 1.58. The maximum absolute atomic E-state index is 13.3. The molecule has 1 amide bonds. The Morgan fingerprint density at radius 1 is 1.30 bits per heavy atom. The summed E-state index contributed by atoms with van der Waals surface area (Å²) in [5.74, 6) is 4.05. The number of hydrogen-bond acceptors (Lipinski definition) is 3. The van der Waals surface area contributed by atoms with Crippen LogP contribution in [0.15, 0.2) is 42.7 Å². The first-order valence-electron chi connectivity index (χ1n) is 5.81. The summed E-state index contributed by atoms with van der Waals surface area (Å²) in [5.41, 5.74) is 1.02. The van der Waals surface area contributed by atoms with Gasteiger partial charge in [0, 0.05) is 23.6 Å². The van der Waals surface area contributed by atoms with E-state index in [0.717, 1.165) is 6.07 Å². The zero-order chi connectivity index (χ0) is 14.4. The van der Waals surface area contributed by atoms with Gasteiger partial charge in [-0.3, -0.25) is 9.78 Å². The molecular formula is C15H11FN2O2. The van der Waals surface area contributed by atoms with Crippen molar-refractivity contribution in [2.24, 2.45) is 0 Å². The Balaban J connectivity index is 2.31. The molecule has 0 aliphatic rings. The molecule has 0 saturated heterocycles. The number of nitrogens with zero attached hydrogens (tertiary/aromatic N) is 1. The topological polar surface area (TPSA) is 62.2 Å². The molecule has 0 spiro atoms. The highest BCUT2D eigenvalue weighted by Gasteiger charge is 2.11. The fraction of sp³-hybridized carbons (Fsp3) is 0.0667. The number of pyridine rings is 1. The van der Waals surface area contributed by atoms with E-state index in [1.54, 1.807) is 12.1 Å². The number of halogens is 1. The first-order chi connectivity index (χ1) is 9.70. The molecule has 0 radical (unpaired) electrons. The van der Waals surface area contributed by atoms with Crippen LogP contribution in [-0.2, 0) is 0 Å². The Bertz CT molecular complexity index is 675. The average Bonchev–Trinajstić information content (AvgIpc) is 2.47. The highest BCUT2D eigenvalue weighted by atomic mass is 19.1. The van der Waals surface area contributed by atoms with E-state index >= 15 is 0 Å². The van der Waals surface area contributed by atoms with Crippen molar-refractivity contribution < 1.29 is 14.3 Å². The van der Waals surface area contributed by atoms with Crippen LogP contribution in [0.4, 0.5) is 10.1 Å². The first-order valence-corrected chi connectivity index (χ1v) is 5.81. The van der Waals surface area contributed by atoms with Crippen molar-refractivity contribution in [3.63, 3.8) is 0 Å². The second-order valence-corrected chi connectivity index (χ2v) is 3.84. The molecule has 1 aromatic heterocycles. The predicted molar refractivity (Wildman–Crippen MR) is 72.6 cm³/mol. The van der Waals surface area contributed by atoms with Crippen LogP contribution in [0.25, 0.3) is 0 Å². The molecule has 5 heteroatoms. The van der Waals surface area contributed by atoms with Gasteiger partial charge in [-0.25, -0.2) is 4.39 Å². The predicted octanol–water partition coefficient (Wildman–Crippen LogP) is 1.82. The summed E-state index contributed by atoms with van der Waals surface area (Å²) < 4.78 is 13.3. The molecule has 2 aromatic rings. The minimum atomic E-state index is -0.528. The third-order valence-corrected chi connectivity index (χ3v) is 2.47. The van der Waals surface area contributed by atoms with Gasteiger partial charge >= 0.3 is 0 Å². The molecule has 4 nitrogen and oxygen atoms in total. The van der Waals surface area contributed by atoms with E-state index in [9.17, 15) is 9.18 Å². The first kappa shape index (κ1) is 13.7. The number of rotatable bonds is 2. The van der Waals surface area contributed by atoms with E-state index in [1.807, 2.05) is 0 Å². The Labute approximate surface area is 115 Å². The van der Waals surface area contributed by atoms with Crippen LogP contribution >= 0.6 is 0 Å². The number of carbonyl (C=O) groups excluding carboxylic acids is 1. The standard InChI is InChI=1S/C15H11FN2O2/c16-12-4-3-11(2-1-9-19)14(10-12)15(20)18-13-5-7-17-8-6-13/h3-8,10,19H,9H2,(H,17,18,20). The number of nitrogens with one attached hydrogen (secondary N) is 1. The quantitative estimate of drug-likeness (QED) is 0.818. The normalized spacial score (nSPS) is 9.50. The molecule has 0 bridgehead atoms. The maximum atomic E-state index is 13.3. The van der Waals surface area contributed by atoms with Gasteiger partial charge in [0.25, 0.3) is 5.91 Å². The lowest BCUT2D eigenvalue weighted by Gasteiger charge is -2.07. The van der Waals surface area contributed by atoms with E-state index in [2.05, 4.69) is 22.1 Å². The number of amides is 1. The van der Waals surface area contributed by atoms with Crippen LogP contribution in [-0.4, -0.2) is 22.6 Å². The third-order valence-electron chi connectivity index (χ3n) is 2.47. The van der Waals surface area contributed by atoms with Gasteiger partial charge in [0.1, 0.15) is 12.4 Å². The third kappa shape index (κ3) is 3.40. The summed E-state index contributed by atoms with van der Waals surface area (Å²) in [7, 11) is 0. The van der Waals surface area contributed by atoms with Gasteiger partial charge in [-0.05, 0) is 30.3 Å². The minimum absolute atomic E-state index is 0.114. The number of aliphatic hydroxyl groups is 1. The molecular weight excluding hydrogens is 259 g/mol. The van der Waals surface area contributed by atoms with Gasteiger partial charge in [0.2, 0.25) is 0 Å². The van der Waals surface area contributed by atoms with Crippen molar-refractivity contribution in [2.45, 2.75) is 0 Å². The van der Waals surface area contributed by atoms with Crippen LogP contribution in [0.1, 0.15) is 15.9 Å². The molecule has 0 unspecified atom stereocenters. The molecule has 2 rings (SSSR count). The second-order valence-electron chi connectivity index (χ2n) is 3.84. The van der Waals surface area contributed by atoms with Crippen LogP contribution in [0.3, 0.4) is 0 Å². The lowest BCUT2D eigenvalue weighted by molar-refractivity contribution is 0.102. The van der Waals surface area contributed by atoms with Gasteiger partial charge in [0.15, 0.2) is 0 Å². The van der Waals surface area contributed by atoms with Crippen molar-refractivity contribution in [1.29, 1.82) is 0 Å². The van der Waals surface area contributed by atoms with Crippen molar-refractivity contribution in [1.82, 2.24) is 4.98 Å². The van der Waals surface area contributed by atoms with E-state index < -0.39 is 11.7 Å². The summed E-state index contributed by atoms with van der Waals surface area (Å²) in [6.07, 6.45) is 3.07. The van der Waals surface area contributed by atoms with Crippen LogP contribution in [0, 0.1) is 17.7 Å². The summed E-state index contributed by atoms with van der Waals surface area (Å²) in [4.78, 5) is 16.0. The molecule has 0 saturated carbocycles. The molecule has 2 N–H and O–H groups in total. The van der Waals surface area contributed by atoms with Gasteiger partial charge in [0.05, 0.1) is 5.56 Å². The van der Waals surface area contributed by atoms with Crippen LogP contribution in [0.5, 0.6) is 0 Å². The highest BCUT2D eigenvalue weighted by molar-refractivity contribution is 6.05. The number of hydrogen-bond donors (Lipinski definition) is 2. The van der Waals surface area contributed by atoms with E-state index in [4.69, 9.17) is 5.11 Å². The Hall–Kier alpha value is -2.71. The Morgan fingerprint density at radius 3 is 2.75 bits per heavy atom. The second kappa shape index (κ2) is 6.45. The number of aromatic nitrogens is 1. The van der Waals surface area contributed by atoms with E-state index in [-0.39, 0.29) is 12.2 Å². The largest absolute Gasteiger partial charge is 0.384 e. The van der Waals surface area contributed by atoms with Crippen molar-refractivity contribution in [3.8, 4) is 11.8 Å². The monoisotopic (exact) mass is 270 g/mol. The number of benzene rings is 1. The molecule has 1 heterocycles. The summed E-state index contributed by atoms with van der Waals surface area (Å²) in [6, 6.07) is 6.97. The summed E-state index contributed by atoms with van der Waals surface area (Å²) in [5, 5.41) is 11.3. The smallest absolute Gasteiger partial charge is 0.257 e. The van der Waals surface area contributed by atoms with Gasteiger partial charge in [-0.1, -0.05) is 11.8 Å². The van der Waals surface area contributed by atoms with E-state index in [1.165, 1.54) is 24.5 Å². The molecule has 20 heavy (non-hydrogen) atoms. The zero-order valence-electron chi connectivity index (χ0n) is 10.4. The average molecular weight is 270 g/mol. The van der Waals surface area contributed by atoms with Gasteiger partial charge < -0.3 is 10.4 Å². The number of aliphatic hydroxyl groups excluding tert-OH is 1. The Morgan fingerprint density at radius 2 is 2.05 bits per heavy atom. The van der Waals surface area contributed by atoms with E-state index in [0.29, 0.717) is 11.3 Å². The molecule has 0 atom stereocenters. The molecule has 1 aromatic carbocycles. The summed E-state index contributed by atoms with van der Waals surface area (Å²) >= 11 is 0. The number of anilines is 1. The molecule has 100 valence electrons. The minimum Gasteiger partial charge on any atom is -0.384 e. The zero-order valence-corrected chi connectivity index (χ0v) is 10.4. The lowest BCUT2D eigenvalue weighted by Crippen LogP contribution is -2.14. The molecule has 0 aliphatic carbocycles. The number of carbonyl (C=O) groups is 1. The van der Waals surface area contributed by atoms with Crippen molar-refractivity contribution in [3.05, 3.63) is 59.7 Å². The molecule has 0 fully saturated rings. The molecule has 0 aliphatic heterocycles. The highest BCUT2D eigenvalue weighted by Crippen LogP contribution is 2.13. The SMILES string of the molecule is O=C(Nc1ccncc1)c1cc(F)ccc1C#CCO. The van der Waals surface area contributed by atoms with Crippen molar-refractivity contribution >= 4 is 11.6 Å².